The van der Waals surface area contributed by atoms with Gasteiger partial charge in [0.1, 0.15) is 0 Å². The SMILES string of the molecule is CCC[C+]1CC[C@@]2(CCC)CC[C@@](CCC)(CC1)[OH+]2. The maximum atomic E-state index is 5.47. The van der Waals surface area contributed by atoms with Crippen LogP contribution in [0.1, 0.15) is 97.8 Å². The van der Waals surface area contributed by atoms with Crippen molar-refractivity contribution in [2.24, 2.45) is 0 Å². The maximum absolute atomic E-state index is 5.47. The van der Waals surface area contributed by atoms with Gasteiger partial charge in [-0.3, -0.25) is 0 Å². The first-order valence-electron chi connectivity index (χ1n) is 8.75. The van der Waals surface area contributed by atoms with Crippen molar-refractivity contribution >= 4 is 0 Å². The van der Waals surface area contributed by atoms with Crippen LogP contribution in [-0.4, -0.2) is 15.9 Å². The minimum atomic E-state index is 0.364. The molecule has 2 heterocycles. The molecule has 110 valence electrons. The van der Waals surface area contributed by atoms with Gasteiger partial charge in [0.25, 0.3) is 0 Å². The lowest BCUT2D eigenvalue weighted by Gasteiger charge is -2.33. The highest BCUT2D eigenvalue weighted by Crippen LogP contribution is 2.49. The lowest BCUT2D eigenvalue weighted by atomic mass is 9.83. The van der Waals surface area contributed by atoms with Gasteiger partial charge in [0.15, 0.2) is 11.2 Å². The number of hydrogen-bond donors (Lipinski definition) is 0. The summed E-state index contributed by atoms with van der Waals surface area (Å²) in [5.74, 6) is 1.85. The van der Waals surface area contributed by atoms with Crippen LogP contribution in [0.5, 0.6) is 0 Å². The zero-order valence-corrected chi connectivity index (χ0v) is 13.4. The molecule has 2 atom stereocenters. The number of aliphatic hydroxyl groups is 2. The Morgan fingerprint density at radius 3 is 1.74 bits per heavy atom. The predicted molar refractivity (Wildman–Crippen MR) is 83.3 cm³/mol. The Kier molecular flexibility index (Phi) is 5.22. The third kappa shape index (κ3) is 3.48. The Bertz CT molecular complexity index is 251. The van der Waals surface area contributed by atoms with Gasteiger partial charge in [0.2, 0.25) is 0 Å². The fourth-order valence-electron chi connectivity index (χ4n) is 4.53. The molecule has 19 heavy (non-hydrogen) atoms. The standard InChI is InChI=1S/C18H33O/c1-4-7-16-8-12-17(10-5-2)14-15-18(19-17,11-6-3)13-9-16/h4-15H2,1-3H3/q+1/p+1/t17-,18+. The second-order valence-electron chi connectivity index (χ2n) is 7.06. The van der Waals surface area contributed by atoms with E-state index in [1.54, 1.807) is 0 Å². The molecule has 2 saturated heterocycles. The summed E-state index contributed by atoms with van der Waals surface area (Å²) in [4.78, 5) is 0. The van der Waals surface area contributed by atoms with E-state index in [0.29, 0.717) is 11.2 Å². The Morgan fingerprint density at radius 2 is 1.32 bits per heavy atom. The molecule has 0 spiro atoms. The van der Waals surface area contributed by atoms with E-state index in [1.165, 1.54) is 77.0 Å². The van der Waals surface area contributed by atoms with Crippen molar-refractivity contribution in [3.05, 3.63) is 5.92 Å². The van der Waals surface area contributed by atoms with Gasteiger partial charge in [-0.1, -0.05) is 20.8 Å². The average Bonchev–Trinajstić information content (AvgIpc) is 2.75. The Hall–Kier alpha value is -0.170. The second kappa shape index (κ2) is 6.52. The molecule has 0 radical (unpaired) electrons. The maximum Gasteiger partial charge on any atom is 0.169 e. The monoisotopic (exact) mass is 266 g/mol. The van der Waals surface area contributed by atoms with Gasteiger partial charge < -0.3 is 4.74 Å². The lowest BCUT2D eigenvalue weighted by molar-refractivity contribution is -0.253. The van der Waals surface area contributed by atoms with Gasteiger partial charge in [-0.25, -0.2) is 0 Å². The summed E-state index contributed by atoms with van der Waals surface area (Å²) in [5.41, 5.74) is 0.729. The van der Waals surface area contributed by atoms with Crippen molar-refractivity contribution in [2.75, 3.05) is 0 Å². The molecule has 1 nitrogen and oxygen atoms in total. The molecule has 2 bridgehead atoms. The van der Waals surface area contributed by atoms with Gasteiger partial charge in [-0.15, -0.1) is 0 Å². The van der Waals surface area contributed by atoms with Crippen LogP contribution >= 0.6 is 0 Å². The van der Waals surface area contributed by atoms with E-state index in [0.717, 1.165) is 0 Å². The number of fused-ring (bicyclic) bond motifs is 2. The topological polar surface area (TPSA) is 12.8 Å². The van der Waals surface area contributed by atoms with E-state index in [1.807, 2.05) is 5.92 Å². The van der Waals surface area contributed by atoms with Gasteiger partial charge in [0.05, 0.1) is 38.0 Å². The molecule has 0 aromatic carbocycles. The first-order valence-corrected chi connectivity index (χ1v) is 8.75. The van der Waals surface area contributed by atoms with Crippen molar-refractivity contribution in [2.45, 2.75) is 109 Å². The highest BCUT2D eigenvalue weighted by molar-refractivity contribution is 5.03. The van der Waals surface area contributed by atoms with E-state index in [-0.39, 0.29) is 0 Å². The van der Waals surface area contributed by atoms with Gasteiger partial charge in [-0.05, 0) is 19.3 Å². The van der Waals surface area contributed by atoms with Crippen LogP contribution in [0.3, 0.4) is 0 Å². The Morgan fingerprint density at radius 1 is 0.789 bits per heavy atom. The van der Waals surface area contributed by atoms with Crippen LogP contribution in [0.15, 0.2) is 0 Å². The van der Waals surface area contributed by atoms with Gasteiger partial charge >= 0.3 is 0 Å². The van der Waals surface area contributed by atoms with Crippen molar-refractivity contribution in [3.63, 3.8) is 0 Å². The summed E-state index contributed by atoms with van der Waals surface area (Å²) < 4.78 is 5.47. The fourth-order valence-corrected chi connectivity index (χ4v) is 4.53. The third-order valence-corrected chi connectivity index (χ3v) is 5.45. The van der Waals surface area contributed by atoms with Crippen molar-refractivity contribution in [3.8, 4) is 0 Å². The molecular formula is C18H34O+2. The summed E-state index contributed by atoms with van der Waals surface area (Å²) in [6.45, 7) is 6.99. The predicted octanol–water partition coefficient (Wildman–Crippen LogP) is 5.33. The van der Waals surface area contributed by atoms with Gasteiger partial charge in [-0.2, -0.15) is 0 Å². The molecule has 1 heteroatoms. The summed E-state index contributed by atoms with van der Waals surface area (Å²) >= 11 is 0. The summed E-state index contributed by atoms with van der Waals surface area (Å²) in [6, 6.07) is 0. The van der Waals surface area contributed by atoms with E-state index < -0.39 is 0 Å². The first kappa shape index (κ1) is 15.2. The molecule has 0 saturated carbocycles. The van der Waals surface area contributed by atoms with Crippen LogP contribution in [-0.2, 0) is 0 Å². The largest absolute Gasteiger partial charge is 0.424 e. The molecular weight excluding hydrogens is 232 g/mol. The van der Waals surface area contributed by atoms with Crippen molar-refractivity contribution in [1.82, 2.24) is 0 Å². The van der Waals surface area contributed by atoms with Gasteiger partial charge in [0, 0.05) is 25.7 Å². The number of hydrogen-bond acceptors (Lipinski definition) is 0. The first-order chi connectivity index (χ1) is 9.17. The van der Waals surface area contributed by atoms with Crippen LogP contribution < -0.4 is 0 Å². The number of ether oxygens (including phenoxy) is 1. The third-order valence-electron chi connectivity index (χ3n) is 5.45. The minimum Gasteiger partial charge on any atom is -0.424 e. The zero-order valence-electron chi connectivity index (χ0n) is 13.4. The zero-order chi connectivity index (χ0) is 13.8. The molecule has 2 fully saturated rings. The molecule has 0 aliphatic carbocycles. The quantitative estimate of drug-likeness (QED) is 0.455. The highest BCUT2D eigenvalue weighted by atomic mass is 16.5. The Labute approximate surface area is 120 Å². The molecule has 0 amide bonds. The van der Waals surface area contributed by atoms with Crippen molar-refractivity contribution < 1.29 is 4.74 Å². The van der Waals surface area contributed by atoms with E-state index in [9.17, 15) is 0 Å². The van der Waals surface area contributed by atoms with Crippen LogP contribution in [0.25, 0.3) is 0 Å². The van der Waals surface area contributed by atoms with E-state index >= 15 is 0 Å². The van der Waals surface area contributed by atoms with Crippen LogP contribution in [0, 0.1) is 5.92 Å². The lowest BCUT2D eigenvalue weighted by Crippen LogP contribution is -2.42. The van der Waals surface area contributed by atoms with Crippen LogP contribution in [0.4, 0.5) is 0 Å². The smallest absolute Gasteiger partial charge is 0.169 e. The Balaban J connectivity index is 2.10. The molecule has 1 N–H and O–H groups in total. The second-order valence-corrected chi connectivity index (χ2v) is 7.06. The fraction of sp³-hybridized carbons (Fsp3) is 0.944. The van der Waals surface area contributed by atoms with Crippen molar-refractivity contribution in [1.29, 1.82) is 0 Å². The molecule has 2 aliphatic rings. The summed E-state index contributed by atoms with van der Waals surface area (Å²) in [6.07, 6.45) is 16.1. The van der Waals surface area contributed by atoms with E-state index in [4.69, 9.17) is 4.74 Å². The average molecular weight is 266 g/mol. The molecule has 2 rings (SSSR count). The van der Waals surface area contributed by atoms with E-state index in [2.05, 4.69) is 20.8 Å². The summed E-state index contributed by atoms with van der Waals surface area (Å²) in [7, 11) is 0. The molecule has 2 aliphatic heterocycles. The number of rotatable bonds is 6. The molecule has 0 unspecified atom stereocenters. The summed E-state index contributed by atoms with van der Waals surface area (Å²) in [5, 5.41) is 0. The minimum absolute atomic E-state index is 0.364. The normalized spacial score (nSPS) is 35.2. The molecule has 0 aromatic rings. The van der Waals surface area contributed by atoms with Crippen LogP contribution in [0.2, 0.25) is 0 Å². The highest BCUT2D eigenvalue weighted by Gasteiger charge is 2.56. The molecule has 0 aromatic heterocycles.